The molecular weight excluding hydrogens is 376 g/mol. The zero-order valence-corrected chi connectivity index (χ0v) is 17.7. The van der Waals surface area contributed by atoms with Gasteiger partial charge in [-0.05, 0) is 59.9 Å². The van der Waals surface area contributed by atoms with E-state index in [9.17, 15) is 9.59 Å². The van der Waals surface area contributed by atoms with Gasteiger partial charge in [0.05, 0.1) is 12.6 Å². The van der Waals surface area contributed by atoms with Crippen molar-refractivity contribution >= 4 is 11.9 Å². The van der Waals surface area contributed by atoms with Crippen LogP contribution in [0.4, 0.5) is 4.79 Å². The van der Waals surface area contributed by atoms with E-state index in [1.807, 2.05) is 26.1 Å². The molecular formula is C24H30N4O2. The van der Waals surface area contributed by atoms with Gasteiger partial charge in [0.25, 0.3) is 0 Å². The van der Waals surface area contributed by atoms with Crippen LogP contribution in [-0.4, -0.2) is 27.9 Å². The van der Waals surface area contributed by atoms with Crippen molar-refractivity contribution in [3.63, 3.8) is 0 Å². The molecule has 2 aliphatic rings. The molecule has 3 amide bonds. The first kappa shape index (κ1) is 20.4. The van der Waals surface area contributed by atoms with Gasteiger partial charge in [0.1, 0.15) is 0 Å². The van der Waals surface area contributed by atoms with Crippen molar-refractivity contribution in [2.45, 2.75) is 64.1 Å². The lowest BCUT2D eigenvalue weighted by molar-refractivity contribution is -0.124. The highest BCUT2D eigenvalue weighted by atomic mass is 16.2. The summed E-state index contributed by atoms with van der Waals surface area (Å²) < 4.78 is 0. The molecule has 1 aliphatic carbocycles. The number of amides is 3. The highest BCUT2D eigenvalue weighted by Gasteiger charge is 2.34. The lowest BCUT2D eigenvalue weighted by Crippen LogP contribution is -2.39. The van der Waals surface area contributed by atoms with Crippen LogP contribution in [0.1, 0.15) is 73.7 Å². The molecule has 1 aliphatic heterocycles. The van der Waals surface area contributed by atoms with E-state index in [-0.39, 0.29) is 17.9 Å². The first-order valence-corrected chi connectivity index (χ1v) is 10.8. The van der Waals surface area contributed by atoms with Gasteiger partial charge >= 0.3 is 6.03 Å². The van der Waals surface area contributed by atoms with Crippen LogP contribution in [0.5, 0.6) is 0 Å². The number of carbonyl (C=O) groups is 2. The zero-order chi connectivity index (χ0) is 21.3. The molecule has 0 spiro atoms. The molecule has 1 fully saturated rings. The number of nitrogens with two attached hydrogens (primary N) is 1. The van der Waals surface area contributed by atoms with E-state index in [2.05, 4.69) is 34.6 Å². The summed E-state index contributed by atoms with van der Waals surface area (Å²) in [6.45, 7) is 4.36. The number of carbonyl (C=O) groups excluding carboxylic acids is 2. The van der Waals surface area contributed by atoms with Crippen molar-refractivity contribution in [2.24, 2.45) is 11.7 Å². The number of rotatable bonds is 4. The number of nitrogens with one attached hydrogen (secondary N) is 1. The minimum atomic E-state index is -0.415. The van der Waals surface area contributed by atoms with Gasteiger partial charge < -0.3 is 16.0 Å². The van der Waals surface area contributed by atoms with Crippen molar-refractivity contribution in [3.8, 4) is 0 Å². The topological polar surface area (TPSA) is 88.3 Å². The maximum atomic E-state index is 12.0. The fourth-order valence-electron chi connectivity index (χ4n) is 4.73. The van der Waals surface area contributed by atoms with E-state index in [0.717, 1.165) is 42.4 Å². The third kappa shape index (κ3) is 4.04. The Morgan fingerprint density at radius 2 is 1.73 bits per heavy atom. The third-order valence-corrected chi connectivity index (χ3v) is 6.49. The molecule has 2 heterocycles. The summed E-state index contributed by atoms with van der Waals surface area (Å²) >= 11 is 0. The van der Waals surface area contributed by atoms with Crippen LogP contribution >= 0.6 is 0 Å². The molecule has 6 nitrogen and oxygen atoms in total. The molecule has 3 N–H and O–H groups in total. The molecule has 1 aromatic carbocycles. The first-order valence-electron chi connectivity index (χ1n) is 10.8. The van der Waals surface area contributed by atoms with Crippen LogP contribution in [0.25, 0.3) is 0 Å². The number of benzene rings is 1. The van der Waals surface area contributed by atoms with Gasteiger partial charge in [-0.25, -0.2) is 4.79 Å². The van der Waals surface area contributed by atoms with E-state index >= 15 is 0 Å². The normalized spacial score (nSPS) is 23.3. The van der Waals surface area contributed by atoms with E-state index in [0.29, 0.717) is 18.5 Å². The Morgan fingerprint density at radius 1 is 1.07 bits per heavy atom. The molecule has 1 atom stereocenters. The summed E-state index contributed by atoms with van der Waals surface area (Å²) in [5.74, 6) is 0.694. The maximum Gasteiger partial charge on any atom is 0.315 e. The number of fused-ring (bicyclic) bond motifs is 1. The highest BCUT2D eigenvalue weighted by Crippen LogP contribution is 2.39. The van der Waals surface area contributed by atoms with Crippen molar-refractivity contribution < 1.29 is 9.59 Å². The van der Waals surface area contributed by atoms with Crippen molar-refractivity contribution in [2.75, 3.05) is 0 Å². The fraction of sp³-hybridized carbons (Fsp3) is 0.458. The predicted molar refractivity (Wildman–Crippen MR) is 116 cm³/mol. The molecule has 2 aromatic rings. The van der Waals surface area contributed by atoms with Crippen LogP contribution in [0, 0.1) is 5.92 Å². The van der Waals surface area contributed by atoms with Crippen LogP contribution in [0.15, 0.2) is 42.7 Å². The lowest BCUT2D eigenvalue weighted by Gasteiger charge is -2.30. The molecule has 0 bridgehead atoms. The number of hydrogen-bond acceptors (Lipinski definition) is 3. The number of pyridine rings is 1. The largest absolute Gasteiger partial charge is 0.353 e. The van der Waals surface area contributed by atoms with Gasteiger partial charge in [-0.1, -0.05) is 38.1 Å². The SMILES string of the molecule is CC(C)C(=O)NC1CCC(c2ccc(C3c4ccncc4CN3C(N)=O)cc2)CC1. The predicted octanol–water partition coefficient (Wildman–Crippen LogP) is 3.86. The van der Waals surface area contributed by atoms with Gasteiger partial charge in [-0.2, -0.15) is 0 Å². The first-order chi connectivity index (χ1) is 14.4. The number of aromatic nitrogens is 1. The van der Waals surface area contributed by atoms with Crippen molar-refractivity contribution in [1.29, 1.82) is 0 Å². The Labute approximate surface area is 177 Å². The smallest absolute Gasteiger partial charge is 0.315 e. The molecule has 1 saturated carbocycles. The molecule has 1 aromatic heterocycles. The summed E-state index contributed by atoms with van der Waals surface area (Å²) in [4.78, 5) is 29.8. The lowest BCUT2D eigenvalue weighted by atomic mass is 9.81. The molecule has 6 heteroatoms. The Balaban J connectivity index is 1.45. The molecule has 0 saturated heterocycles. The second kappa shape index (κ2) is 8.46. The minimum absolute atomic E-state index is 0.0340. The summed E-state index contributed by atoms with van der Waals surface area (Å²) in [7, 11) is 0. The Bertz CT molecular complexity index is 917. The molecule has 158 valence electrons. The van der Waals surface area contributed by atoms with E-state index in [4.69, 9.17) is 5.73 Å². The quantitative estimate of drug-likeness (QED) is 0.808. The van der Waals surface area contributed by atoms with E-state index in [1.165, 1.54) is 5.56 Å². The number of urea groups is 1. The van der Waals surface area contributed by atoms with E-state index < -0.39 is 6.03 Å². The molecule has 30 heavy (non-hydrogen) atoms. The maximum absolute atomic E-state index is 12.0. The van der Waals surface area contributed by atoms with Gasteiger partial charge in [0.15, 0.2) is 0 Å². The summed E-state index contributed by atoms with van der Waals surface area (Å²) in [5, 5.41) is 3.17. The Morgan fingerprint density at radius 3 is 2.37 bits per heavy atom. The summed E-state index contributed by atoms with van der Waals surface area (Å²) in [6, 6.07) is 10.3. The van der Waals surface area contributed by atoms with Gasteiger partial charge in [-0.15, -0.1) is 0 Å². The number of nitrogens with zero attached hydrogens (tertiary/aromatic N) is 2. The van der Waals surface area contributed by atoms with Crippen LogP contribution in [-0.2, 0) is 11.3 Å². The zero-order valence-electron chi connectivity index (χ0n) is 17.7. The average molecular weight is 407 g/mol. The van der Waals surface area contributed by atoms with Gasteiger partial charge in [0, 0.05) is 24.4 Å². The second-order valence-corrected chi connectivity index (χ2v) is 8.82. The van der Waals surface area contributed by atoms with E-state index in [1.54, 1.807) is 11.1 Å². The standard InChI is InChI=1S/C24H30N4O2/c1-15(2)23(29)27-20-9-7-17(8-10-20)16-3-5-18(6-4-16)22-21-11-12-26-13-19(21)14-28(22)24(25)30/h3-6,11-13,15,17,20,22H,7-10,14H2,1-2H3,(H2,25,30)(H,27,29). The number of hydrogen-bond donors (Lipinski definition) is 2. The second-order valence-electron chi connectivity index (χ2n) is 8.82. The highest BCUT2D eigenvalue weighted by molar-refractivity contribution is 5.78. The monoisotopic (exact) mass is 406 g/mol. The van der Waals surface area contributed by atoms with Crippen LogP contribution < -0.4 is 11.1 Å². The Hall–Kier alpha value is -2.89. The van der Waals surface area contributed by atoms with Crippen LogP contribution in [0.3, 0.4) is 0 Å². The van der Waals surface area contributed by atoms with Crippen molar-refractivity contribution in [1.82, 2.24) is 15.2 Å². The van der Waals surface area contributed by atoms with Gasteiger partial charge in [0.2, 0.25) is 5.91 Å². The average Bonchev–Trinajstić information content (AvgIpc) is 3.14. The van der Waals surface area contributed by atoms with Crippen LogP contribution in [0.2, 0.25) is 0 Å². The van der Waals surface area contributed by atoms with Crippen molar-refractivity contribution in [3.05, 3.63) is 65.0 Å². The molecule has 0 radical (unpaired) electrons. The minimum Gasteiger partial charge on any atom is -0.353 e. The summed E-state index contributed by atoms with van der Waals surface area (Å²) in [6.07, 6.45) is 7.77. The fourth-order valence-corrected chi connectivity index (χ4v) is 4.73. The van der Waals surface area contributed by atoms with Gasteiger partial charge in [-0.3, -0.25) is 9.78 Å². The molecule has 4 rings (SSSR count). The number of primary amides is 1. The third-order valence-electron chi connectivity index (χ3n) is 6.49. The Kier molecular flexibility index (Phi) is 5.75. The summed E-state index contributed by atoms with van der Waals surface area (Å²) in [5.41, 5.74) is 10.2. The molecule has 1 unspecified atom stereocenters.